The lowest BCUT2D eigenvalue weighted by Gasteiger charge is -2.27. The Labute approximate surface area is 211 Å². The third-order valence-electron chi connectivity index (χ3n) is 6.99. The number of halogens is 1. The maximum atomic E-state index is 6.85. The van der Waals surface area contributed by atoms with E-state index < -0.39 is 0 Å². The molecule has 1 aliphatic rings. The molecule has 0 amide bonds. The lowest BCUT2D eigenvalue weighted by Crippen LogP contribution is -2.24. The van der Waals surface area contributed by atoms with Crippen molar-refractivity contribution in [2.45, 2.75) is 19.4 Å². The zero-order valence-electron chi connectivity index (χ0n) is 19.0. The number of para-hydroxylation sites is 1. The van der Waals surface area contributed by atoms with E-state index in [1.54, 1.807) is 0 Å². The number of benzene rings is 4. The number of hydrogen-bond acceptors (Lipinski definition) is 4. The molecular weight excluding hydrogens is 472 g/mol. The monoisotopic (exact) mass is 492 g/mol. The van der Waals surface area contributed by atoms with Crippen LogP contribution in [0, 0.1) is 5.92 Å². The SMILES string of the molecule is CCC1C(Cl)=NC(c2ccc3c(c2)oc2ccccc23)=NC1c1cccc2sc3ccccc3c12. The molecule has 0 bridgehead atoms. The van der Waals surface area contributed by atoms with Gasteiger partial charge in [-0.05, 0) is 42.3 Å². The first-order chi connectivity index (χ1) is 17.2. The van der Waals surface area contributed by atoms with E-state index in [9.17, 15) is 0 Å². The maximum absolute atomic E-state index is 6.85. The summed E-state index contributed by atoms with van der Waals surface area (Å²) in [5.74, 6) is 0.697. The van der Waals surface area contributed by atoms with Crippen LogP contribution < -0.4 is 0 Å². The molecule has 0 aliphatic carbocycles. The fourth-order valence-corrected chi connectivity index (χ4v) is 6.79. The van der Waals surface area contributed by atoms with Gasteiger partial charge in [0.1, 0.15) is 16.3 Å². The molecule has 2 atom stereocenters. The van der Waals surface area contributed by atoms with E-state index in [1.807, 2.05) is 35.6 Å². The van der Waals surface area contributed by atoms with E-state index in [4.69, 9.17) is 26.0 Å². The summed E-state index contributed by atoms with van der Waals surface area (Å²) in [6, 6.07) is 29.3. The largest absolute Gasteiger partial charge is 0.456 e. The molecule has 170 valence electrons. The molecule has 1 aliphatic heterocycles. The fourth-order valence-electron chi connectivity index (χ4n) is 5.30. The standard InChI is InChI=1S/C30H21ClN2OS/c1-2-18-28(22-10-7-13-26-27(22)21-9-4-6-12-25(21)35-26)32-30(33-29(18)31)17-14-15-20-19-8-3-5-11-23(19)34-24(20)16-17/h3-16,18,28H,2H2,1H3. The first kappa shape index (κ1) is 20.9. The Kier molecular flexibility index (Phi) is 4.80. The molecule has 35 heavy (non-hydrogen) atoms. The number of amidine groups is 1. The van der Waals surface area contributed by atoms with Gasteiger partial charge in [0.15, 0.2) is 5.84 Å². The zero-order valence-corrected chi connectivity index (χ0v) is 20.6. The van der Waals surface area contributed by atoms with Crippen LogP contribution in [-0.2, 0) is 0 Å². The highest BCUT2D eigenvalue weighted by Gasteiger charge is 2.31. The van der Waals surface area contributed by atoms with Gasteiger partial charge in [0.05, 0.1) is 6.04 Å². The van der Waals surface area contributed by atoms with Crippen molar-refractivity contribution < 1.29 is 4.42 Å². The Morgan fingerprint density at radius 3 is 2.49 bits per heavy atom. The third kappa shape index (κ3) is 3.24. The van der Waals surface area contributed by atoms with Crippen molar-refractivity contribution in [2.24, 2.45) is 15.9 Å². The summed E-state index contributed by atoms with van der Waals surface area (Å²) in [6.45, 7) is 2.16. The van der Waals surface area contributed by atoms with Gasteiger partial charge in [0, 0.05) is 42.4 Å². The fraction of sp³-hybridized carbons (Fsp3) is 0.133. The van der Waals surface area contributed by atoms with Gasteiger partial charge in [0.2, 0.25) is 0 Å². The Morgan fingerprint density at radius 2 is 1.60 bits per heavy atom. The Morgan fingerprint density at radius 1 is 0.829 bits per heavy atom. The minimum atomic E-state index is -0.104. The van der Waals surface area contributed by atoms with Crippen molar-refractivity contribution in [1.29, 1.82) is 0 Å². The molecule has 5 heteroatoms. The predicted molar refractivity (Wildman–Crippen MR) is 149 cm³/mol. The van der Waals surface area contributed by atoms with Crippen molar-refractivity contribution in [3.05, 3.63) is 96.1 Å². The highest BCUT2D eigenvalue weighted by molar-refractivity contribution is 7.25. The van der Waals surface area contributed by atoms with Gasteiger partial charge in [-0.3, -0.25) is 4.99 Å². The molecule has 0 saturated heterocycles. The van der Waals surface area contributed by atoms with E-state index >= 15 is 0 Å². The van der Waals surface area contributed by atoms with Crippen LogP contribution >= 0.6 is 22.9 Å². The second-order valence-electron chi connectivity index (χ2n) is 8.97. The first-order valence-corrected chi connectivity index (χ1v) is 13.0. The molecule has 2 aromatic heterocycles. The Hall–Kier alpha value is -3.47. The lowest BCUT2D eigenvalue weighted by atomic mass is 9.88. The van der Waals surface area contributed by atoms with Crippen LogP contribution in [0.25, 0.3) is 42.1 Å². The number of hydrogen-bond donors (Lipinski definition) is 0. The Bertz CT molecular complexity index is 1830. The van der Waals surface area contributed by atoms with E-state index in [0.717, 1.165) is 33.9 Å². The van der Waals surface area contributed by atoms with Crippen molar-refractivity contribution in [1.82, 2.24) is 0 Å². The van der Waals surface area contributed by atoms with Gasteiger partial charge in [-0.25, -0.2) is 4.99 Å². The molecule has 0 spiro atoms. The molecule has 0 radical (unpaired) electrons. The third-order valence-corrected chi connectivity index (χ3v) is 8.49. The van der Waals surface area contributed by atoms with Gasteiger partial charge in [0.25, 0.3) is 0 Å². The highest BCUT2D eigenvalue weighted by Crippen LogP contribution is 2.43. The van der Waals surface area contributed by atoms with Crippen LogP contribution in [-0.4, -0.2) is 11.0 Å². The van der Waals surface area contributed by atoms with Gasteiger partial charge >= 0.3 is 0 Å². The van der Waals surface area contributed by atoms with Crippen LogP contribution in [0.1, 0.15) is 30.5 Å². The van der Waals surface area contributed by atoms with Crippen LogP contribution in [0.2, 0.25) is 0 Å². The number of furan rings is 1. The zero-order chi connectivity index (χ0) is 23.5. The van der Waals surface area contributed by atoms with Crippen molar-refractivity contribution in [3.8, 4) is 0 Å². The van der Waals surface area contributed by atoms with Gasteiger partial charge in [-0.15, -0.1) is 11.3 Å². The molecule has 6 aromatic rings. The van der Waals surface area contributed by atoms with E-state index in [-0.39, 0.29) is 12.0 Å². The second kappa shape index (κ2) is 8.04. The van der Waals surface area contributed by atoms with Gasteiger partial charge in [-0.1, -0.05) is 73.1 Å². The van der Waals surface area contributed by atoms with Crippen molar-refractivity contribution >= 4 is 76.1 Å². The normalized spacial score (nSPS) is 18.5. The number of rotatable bonds is 3. The number of aliphatic imine (C=N–C) groups is 2. The van der Waals surface area contributed by atoms with Gasteiger partial charge in [-0.2, -0.15) is 0 Å². The van der Waals surface area contributed by atoms with Gasteiger partial charge < -0.3 is 4.42 Å². The minimum Gasteiger partial charge on any atom is -0.456 e. The Balaban J connectivity index is 1.42. The summed E-state index contributed by atoms with van der Waals surface area (Å²) in [7, 11) is 0. The molecule has 0 N–H and O–H groups in total. The molecular formula is C30H21ClN2OS. The van der Waals surface area contributed by atoms with Crippen LogP contribution in [0.3, 0.4) is 0 Å². The minimum absolute atomic E-state index is 0.0413. The van der Waals surface area contributed by atoms with Crippen molar-refractivity contribution in [3.63, 3.8) is 0 Å². The summed E-state index contributed by atoms with van der Waals surface area (Å²) in [4.78, 5) is 9.99. The van der Waals surface area contributed by atoms with Crippen LogP contribution in [0.5, 0.6) is 0 Å². The average Bonchev–Trinajstić information content (AvgIpc) is 3.46. The molecule has 7 rings (SSSR count). The average molecular weight is 493 g/mol. The second-order valence-corrected chi connectivity index (χ2v) is 10.4. The van der Waals surface area contributed by atoms with Crippen LogP contribution in [0.15, 0.2) is 99.3 Å². The number of nitrogens with zero attached hydrogens (tertiary/aromatic N) is 2. The number of fused-ring (bicyclic) bond motifs is 6. The summed E-state index contributed by atoms with van der Waals surface area (Å²) in [5.41, 5.74) is 3.84. The molecule has 4 aromatic carbocycles. The number of thiophene rings is 1. The first-order valence-electron chi connectivity index (χ1n) is 11.8. The topological polar surface area (TPSA) is 37.9 Å². The summed E-state index contributed by atoms with van der Waals surface area (Å²) in [6.07, 6.45) is 0.866. The van der Waals surface area contributed by atoms with E-state index in [0.29, 0.717) is 11.0 Å². The maximum Gasteiger partial charge on any atom is 0.156 e. The molecule has 3 heterocycles. The lowest BCUT2D eigenvalue weighted by molar-refractivity contribution is 0.541. The smallest absolute Gasteiger partial charge is 0.156 e. The summed E-state index contributed by atoms with van der Waals surface area (Å²) < 4.78 is 8.69. The van der Waals surface area contributed by atoms with E-state index in [1.165, 1.54) is 25.7 Å². The van der Waals surface area contributed by atoms with Crippen molar-refractivity contribution in [2.75, 3.05) is 0 Å². The molecule has 3 nitrogen and oxygen atoms in total. The molecule has 0 saturated carbocycles. The quantitative estimate of drug-likeness (QED) is 0.242. The highest BCUT2D eigenvalue weighted by atomic mass is 35.5. The summed E-state index contributed by atoms with van der Waals surface area (Å²) in [5, 5.41) is 5.37. The van der Waals surface area contributed by atoms with E-state index in [2.05, 4.69) is 67.6 Å². The predicted octanol–water partition coefficient (Wildman–Crippen LogP) is 9.12. The molecule has 0 fully saturated rings. The summed E-state index contributed by atoms with van der Waals surface area (Å²) >= 11 is 8.67. The van der Waals surface area contributed by atoms with Crippen LogP contribution in [0.4, 0.5) is 0 Å². The molecule has 2 unspecified atom stereocenters.